The topological polar surface area (TPSA) is 141 Å². The summed E-state index contributed by atoms with van der Waals surface area (Å²) < 4.78 is 7.25. The zero-order valence-electron chi connectivity index (χ0n) is 17.4. The molecule has 0 bridgehead atoms. The van der Waals surface area contributed by atoms with Crippen LogP contribution in [-0.4, -0.2) is 31.0 Å². The second kappa shape index (κ2) is 6.91. The molecule has 166 valence electrons. The van der Waals surface area contributed by atoms with E-state index in [4.69, 9.17) is 5.73 Å². The third-order valence-corrected chi connectivity index (χ3v) is 7.98. The summed E-state index contributed by atoms with van der Waals surface area (Å²) >= 11 is 1.05. The van der Waals surface area contributed by atoms with Gasteiger partial charge in [-0.05, 0) is 61.9 Å². The predicted octanol–water partition coefficient (Wildman–Crippen LogP) is 1.48. The average molecular weight is 447 g/mol. The fourth-order valence-electron chi connectivity index (χ4n) is 5.78. The molecule has 3 fully saturated rings. The van der Waals surface area contributed by atoms with Crippen molar-refractivity contribution in [3.8, 4) is 0 Å². The molecule has 2 aromatic rings. The van der Waals surface area contributed by atoms with Gasteiger partial charge in [0.2, 0.25) is 0 Å². The van der Waals surface area contributed by atoms with E-state index in [-0.39, 0.29) is 28.6 Å². The van der Waals surface area contributed by atoms with Gasteiger partial charge in [-0.1, -0.05) is 13.3 Å². The Morgan fingerprint density at radius 2 is 1.90 bits per heavy atom. The zero-order chi connectivity index (χ0) is 22.0. The summed E-state index contributed by atoms with van der Waals surface area (Å²) in [6.45, 7) is 2.55. The second-order valence-electron chi connectivity index (χ2n) is 9.28. The standard InChI is InChI=1S/C20H26N6O4S/c1-2-3-8-25-14-12(13(21)31-24-14)15(27)26(18(25)30)11-4-6-19(7-5-11)9-20(10-19)16(28)22-17(29)23-20/h11H,2-10,21H2,1H3,(H2,22,23,28,29). The summed E-state index contributed by atoms with van der Waals surface area (Å²) in [6, 6.07) is -0.631. The maximum absolute atomic E-state index is 13.3. The van der Waals surface area contributed by atoms with Gasteiger partial charge in [-0.25, -0.2) is 9.59 Å². The van der Waals surface area contributed by atoms with Gasteiger partial charge in [-0.15, -0.1) is 0 Å². The number of nitrogens with zero attached hydrogens (tertiary/aromatic N) is 3. The molecule has 5 rings (SSSR count). The molecule has 3 amide bonds. The SMILES string of the molecule is CCCCn1c(=O)n(C2CCC3(CC2)CC2(C3)NC(=O)NC2=O)c(=O)c2c(N)snc21. The van der Waals surface area contributed by atoms with Crippen LogP contribution in [0.1, 0.15) is 64.3 Å². The number of hydrogen-bond donors (Lipinski definition) is 3. The van der Waals surface area contributed by atoms with E-state index in [0.717, 1.165) is 37.2 Å². The van der Waals surface area contributed by atoms with E-state index in [1.54, 1.807) is 4.57 Å². The molecule has 0 aromatic carbocycles. The van der Waals surface area contributed by atoms with E-state index in [9.17, 15) is 19.2 Å². The van der Waals surface area contributed by atoms with Gasteiger partial charge < -0.3 is 11.1 Å². The number of carbonyl (C=O) groups is 2. The van der Waals surface area contributed by atoms with Crippen LogP contribution in [0.15, 0.2) is 9.59 Å². The molecular formula is C20H26N6O4S. The Bertz CT molecular complexity index is 1190. The maximum atomic E-state index is 13.3. The van der Waals surface area contributed by atoms with Crippen molar-refractivity contribution < 1.29 is 9.59 Å². The van der Waals surface area contributed by atoms with Crippen molar-refractivity contribution >= 4 is 39.5 Å². The van der Waals surface area contributed by atoms with E-state index in [0.29, 0.717) is 48.3 Å². The number of urea groups is 1. The highest BCUT2D eigenvalue weighted by molar-refractivity contribution is 7.11. The second-order valence-corrected chi connectivity index (χ2v) is 10.1. The van der Waals surface area contributed by atoms with Gasteiger partial charge in [0.1, 0.15) is 15.9 Å². The molecule has 11 heteroatoms. The fourth-order valence-corrected chi connectivity index (χ4v) is 6.42. The van der Waals surface area contributed by atoms with Crippen LogP contribution in [0.2, 0.25) is 0 Å². The minimum atomic E-state index is -0.774. The first kappa shape index (κ1) is 20.2. The summed E-state index contributed by atoms with van der Waals surface area (Å²) in [5, 5.41) is 5.78. The number of aromatic nitrogens is 3. The van der Waals surface area contributed by atoms with Gasteiger partial charge in [-0.2, -0.15) is 4.37 Å². The van der Waals surface area contributed by atoms with Gasteiger partial charge >= 0.3 is 11.7 Å². The zero-order valence-corrected chi connectivity index (χ0v) is 18.2. The molecule has 1 aliphatic heterocycles. The molecule has 3 aliphatic rings. The predicted molar refractivity (Wildman–Crippen MR) is 116 cm³/mol. The highest BCUT2D eigenvalue weighted by Gasteiger charge is 2.62. The Kier molecular flexibility index (Phi) is 4.51. The van der Waals surface area contributed by atoms with Gasteiger partial charge in [0, 0.05) is 12.6 Å². The molecule has 0 unspecified atom stereocenters. The van der Waals surface area contributed by atoms with Crippen LogP contribution in [0.25, 0.3) is 11.0 Å². The Hall–Kier alpha value is -2.69. The largest absolute Gasteiger partial charge is 0.389 e. The summed E-state index contributed by atoms with van der Waals surface area (Å²) in [5.41, 5.74) is 4.96. The molecule has 0 radical (unpaired) electrons. The van der Waals surface area contributed by atoms with Crippen LogP contribution in [-0.2, 0) is 11.3 Å². The molecule has 1 saturated heterocycles. The van der Waals surface area contributed by atoms with E-state index < -0.39 is 11.6 Å². The van der Waals surface area contributed by atoms with Crippen molar-refractivity contribution in [3.63, 3.8) is 0 Å². The summed E-state index contributed by atoms with van der Waals surface area (Å²) in [4.78, 5) is 50.2. The van der Waals surface area contributed by atoms with Crippen LogP contribution in [0.4, 0.5) is 9.80 Å². The lowest BCUT2D eigenvalue weighted by Gasteiger charge is -2.55. The van der Waals surface area contributed by atoms with E-state index >= 15 is 0 Å². The molecule has 3 heterocycles. The highest BCUT2D eigenvalue weighted by atomic mass is 32.1. The van der Waals surface area contributed by atoms with Crippen molar-refractivity contribution in [2.75, 3.05) is 5.73 Å². The number of amides is 3. The monoisotopic (exact) mass is 446 g/mol. The molecule has 31 heavy (non-hydrogen) atoms. The molecular weight excluding hydrogens is 420 g/mol. The average Bonchev–Trinajstić information content (AvgIpc) is 3.22. The Morgan fingerprint density at radius 3 is 2.52 bits per heavy atom. The van der Waals surface area contributed by atoms with E-state index in [1.807, 2.05) is 6.92 Å². The Labute approximate surface area is 182 Å². The van der Waals surface area contributed by atoms with Crippen LogP contribution in [0.3, 0.4) is 0 Å². The first-order valence-electron chi connectivity index (χ1n) is 10.8. The third-order valence-electron chi connectivity index (χ3n) is 7.31. The number of unbranched alkanes of at least 4 members (excludes halogenated alkanes) is 1. The molecule has 2 aliphatic carbocycles. The normalized spacial score (nSPS) is 30.0. The molecule has 2 saturated carbocycles. The number of carbonyl (C=O) groups excluding carboxylic acids is 2. The van der Waals surface area contributed by atoms with Crippen LogP contribution >= 0.6 is 11.5 Å². The van der Waals surface area contributed by atoms with Crippen LogP contribution in [0.5, 0.6) is 0 Å². The minimum absolute atomic E-state index is 0.0244. The molecule has 0 atom stereocenters. The third kappa shape index (κ3) is 2.93. The van der Waals surface area contributed by atoms with Gasteiger partial charge in [0.25, 0.3) is 11.5 Å². The number of imide groups is 1. The molecule has 2 spiro atoms. The van der Waals surface area contributed by atoms with Crippen LogP contribution in [0, 0.1) is 5.41 Å². The quantitative estimate of drug-likeness (QED) is 0.608. The molecule has 4 N–H and O–H groups in total. The Morgan fingerprint density at radius 1 is 1.19 bits per heavy atom. The highest BCUT2D eigenvalue weighted by Crippen LogP contribution is 2.58. The lowest BCUT2D eigenvalue weighted by atomic mass is 9.51. The summed E-state index contributed by atoms with van der Waals surface area (Å²) in [6.07, 6.45) is 5.92. The minimum Gasteiger partial charge on any atom is -0.389 e. The van der Waals surface area contributed by atoms with Crippen molar-refractivity contribution in [2.24, 2.45) is 5.41 Å². The number of anilines is 1. The number of nitrogens with two attached hydrogens (primary N) is 1. The number of aryl methyl sites for hydroxylation is 1. The number of fused-ring (bicyclic) bond motifs is 1. The van der Waals surface area contributed by atoms with Crippen molar-refractivity contribution in [3.05, 3.63) is 20.8 Å². The smallest absolute Gasteiger partial charge is 0.332 e. The van der Waals surface area contributed by atoms with Gasteiger partial charge in [0.05, 0.1) is 0 Å². The number of nitrogens with one attached hydrogen (secondary N) is 2. The summed E-state index contributed by atoms with van der Waals surface area (Å²) in [7, 11) is 0. The fraction of sp³-hybridized carbons (Fsp3) is 0.650. The number of hydrogen-bond acceptors (Lipinski definition) is 7. The lowest BCUT2D eigenvalue weighted by Crippen LogP contribution is -2.63. The van der Waals surface area contributed by atoms with Gasteiger partial charge in [0.15, 0.2) is 5.65 Å². The first-order chi connectivity index (χ1) is 14.8. The first-order valence-corrected chi connectivity index (χ1v) is 11.6. The van der Waals surface area contributed by atoms with Crippen LogP contribution < -0.4 is 27.6 Å². The summed E-state index contributed by atoms with van der Waals surface area (Å²) in [5.74, 6) is -0.244. The van der Waals surface area contributed by atoms with Gasteiger partial charge in [-0.3, -0.25) is 24.0 Å². The lowest BCUT2D eigenvalue weighted by molar-refractivity contribution is -0.135. The van der Waals surface area contributed by atoms with Crippen molar-refractivity contribution in [1.29, 1.82) is 0 Å². The van der Waals surface area contributed by atoms with E-state index in [1.165, 1.54) is 4.57 Å². The molecule has 2 aromatic heterocycles. The maximum Gasteiger partial charge on any atom is 0.332 e. The molecule has 10 nitrogen and oxygen atoms in total. The van der Waals surface area contributed by atoms with Crippen molar-refractivity contribution in [1.82, 2.24) is 24.1 Å². The van der Waals surface area contributed by atoms with Crippen molar-refractivity contribution in [2.45, 2.75) is 76.4 Å². The number of rotatable bonds is 4. The Balaban J connectivity index is 1.42. The number of nitrogen functional groups attached to an aromatic ring is 1. The van der Waals surface area contributed by atoms with E-state index in [2.05, 4.69) is 15.0 Å².